The lowest BCUT2D eigenvalue weighted by Crippen LogP contribution is -2.32. The highest BCUT2D eigenvalue weighted by atomic mass is 32.2. The molecular weight excluding hydrogens is 244 g/mol. The van der Waals surface area contributed by atoms with Gasteiger partial charge in [0.15, 0.2) is 0 Å². The number of carbonyl (C=O) groups excluding carboxylic acids is 1. The Morgan fingerprint density at radius 3 is 2.67 bits per heavy atom. The molecule has 1 aromatic carbocycles. The quantitative estimate of drug-likeness (QED) is 0.822. The Kier molecular flexibility index (Phi) is 3.31. The first kappa shape index (κ1) is 12.1. The molecule has 0 saturated carbocycles. The second kappa shape index (κ2) is 4.94. The van der Waals surface area contributed by atoms with Crippen molar-refractivity contribution in [2.45, 2.75) is 36.2 Å². The molecule has 0 aromatic heterocycles. The maximum absolute atomic E-state index is 12.2. The van der Waals surface area contributed by atoms with Crippen LogP contribution >= 0.6 is 11.8 Å². The molecule has 3 unspecified atom stereocenters. The topological polar surface area (TPSA) is 41.1 Å². The third-order valence-electron chi connectivity index (χ3n) is 3.99. The second-order valence-corrected chi connectivity index (χ2v) is 5.99. The van der Waals surface area contributed by atoms with Gasteiger partial charge in [-0.1, -0.05) is 0 Å². The Morgan fingerprint density at radius 2 is 2.11 bits per heavy atom. The Bertz CT molecular complexity index is 446. The SMILES string of the molecule is CSc1ccc(NC(=O)C2CC3CCC2N3)cc1. The van der Waals surface area contributed by atoms with Crippen LogP contribution in [0, 0.1) is 5.92 Å². The molecule has 2 bridgehead atoms. The van der Waals surface area contributed by atoms with Crippen LogP contribution in [0.25, 0.3) is 0 Å². The van der Waals surface area contributed by atoms with E-state index in [1.807, 2.05) is 24.3 Å². The van der Waals surface area contributed by atoms with E-state index >= 15 is 0 Å². The molecule has 2 fully saturated rings. The van der Waals surface area contributed by atoms with Gasteiger partial charge in [0.25, 0.3) is 0 Å². The summed E-state index contributed by atoms with van der Waals surface area (Å²) < 4.78 is 0. The van der Waals surface area contributed by atoms with E-state index in [0.717, 1.165) is 18.5 Å². The van der Waals surface area contributed by atoms with E-state index < -0.39 is 0 Å². The molecule has 2 saturated heterocycles. The van der Waals surface area contributed by atoms with Crippen molar-refractivity contribution in [1.82, 2.24) is 5.32 Å². The molecule has 1 aromatic rings. The Balaban J connectivity index is 1.63. The summed E-state index contributed by atoms with van der Waals surface area (Å²) in [6.07, 6.45) is 5.43. The number of carbonyl (C=O) groups is 1. The molecule has 96 valence electrons. The summed E-state index contributed by atoms with van der Waals surface area (Å²) in [7, 11) is 0. The number of nitrogens with one attached hydrogen (secondary N) is 2. The smallest absolute Gasteiger partial charge is 0.229 e. The number of amides is 1. The van der Waals surface area contributed by atoms with E-state index in [-0.39, 0.29) is 11.8 Å². The normalized spacial score (nSPS) is 29.5. The molecule has 2 aliphatic heterocycles. The van der Waals surface area contributed by atoms with Gasteiger partial charge < -0.3 is 10.6 Å². The van der Waals surface area contributed by atoms with Gasteiger partial charge in [-0.2, -0.15) is 0 Å². The maximum Gasteiger partial charge on any atom is 0.229 e. The van der Waals surface area contributed by atoms with Gasteiger partial charge in [-0.05, 0) is 49.8 Å². The van der Waals surface area contributed by atoms with Gasteiger partial charge in [0.2, 0.25) is 5.91 Å². The first-order valence-electron chi connectivity index (χ1n) is 6.47. The van der Waals surface area contributed by atoms with Crippen LogP contribution in [0.5, 0.6) is 0 Å². The number of fused-ring (bicyclic) bond motifs is 2. The summed E-state index contributed by atoms with van der Waals surface area (Å²) in [6, 6.07) is 9.01. The molecule has 2 heterocycles. The van der Waals surface area contributed by atoms with Gasteiger partial charge >= 0.3 is 0 Å². The second-order valence-electron chi connectivity index (χ2n) is 5.11. The van der Waals surface area contributed by atoms with Gasteiger partial charge in [0.05, 0.1) is 5.92 Å². The molecule has 2 N–H and O–H groups in total. The highest BCUT2D eigenvalue weighted by molar-refractivity contribution is 7.98. The fourth-order valence-corrected chi connectivity index (χ4v) is 3.43. The zero-order valence-electron chi connectivity index (χ0n) is 10.5. The van der Waals surface area contributed by atoms with E-state index in [4.69, 9.17) is 0 Å². The van der Waals surface area contributed by atoms with Crippen molar-refractivity contribution in [1.29, 1.82) is 0 Å². The minimum Gasteiger partial charge on any atom is -0.326 e. The van der Waals surface area contributed by atoms with E-state index in [9.17, 15) is 4.79 Å². The van der Waals surface area contributed by atoms with Crippen LogP contribution in [0.2, 0.25) is 0 Å². The van der Waals surface area contributed by atoms with Crippen LogP contribution in [0.1, 0.15) is 19.3 Å². The van der Waals surface area contributed by atoms with Crippen molar-refractivity contribution in [3.63, 3.8) is 0 Å². The molecule has 4 heteroatoms. The first-order chi connectivity index (χ1) is 8.76. The Morgan fingerprint density at radius 1 is 1.33 bits per heavy atom. The molecule has 3 atom stereocenters. The summed E-state index contributed by atoms with van der Waals surface area (Å²) in [4.78, 5) is 13.4. The van der Waals surface area contributed by atoms with Crippen molar-refractivity contribution in [3.8, 4) is 0 Å². The monoisotopic (exact) mass is 262 g/mol. The van der Waals surface area contributed by atoms with Crippen LogP contribution in [0.4, 0.5) is 5.69 Å². The van der Waals surface area contributed by atoms with Gasteiger partial charge in [-0.15, -0.1) is 11.8 Å². The lowest BCUT2D eigenvalue weighted by Gasteiger charge is -2.19. The average Bonchev–Trinajstić information content (AvgIpc) is 3.02. The fraction of sp³-hybridized carbons (Fsp3) is 0.500. The predicted molar refractivity (Wildman–Crippen MR) is 74.9 cm³/mol. The number of anilines is 1. The van der Waals surface area contributed by atoms with Crippen LogP contribution in [0.3, 0.4) is 0 Å². The van der Waals surface area contributed by atoms with Crippen LogP contribution in [-0.2, 0) is 4.79 Å². The van der Waals surface area contributed by atoms with Gasteiger partial charge in [-0.3, -0.25) is 4.79 Å². The first-order valence-corrected chi connectivity index (χ1v) is 7.69. The Labute approximate surface area is 112 Å². The van der Waals surface area contributed by atoms with E-state index in [1.165, 1.54) is 11.3 Å². The van der Waals surface area contributed by atoms with E-state index in [0.29, 0.717) is 12.1 Å². The number of hydrogen-bond donors (Lipinski definition) is 2. The molecule has 2 aliphatic rings. The van der Waals surface area contributed by atoms with Crippen molar-refractivity contribution in [2.24, 2.45) is 5.92 Å². The molecule has 0 radical (unpaired) electrons. The Hall–Kier alpha value is -1.00. The third-order valence-corrected chi connectivity index (χ3v) is 4.74. The zero-order chi connectivity index (χ0) is 12.5. The maximum atomic E-state index is 12.2. The largest absolute Gasteiger partial charge is 0.326 e. The summed E-state index contributed by atoms with van der Waals surface area (Å²) >= 11 is 1.71. The van der Waals surface area contributed by atoms with E-state index in [1.54, 1.807) is 11.8 Å². The summed E-state index contributed by atoms with van der Waals surface area (Å²) in [5.41, 5.74) is 0.903. The lowest BCUT2D eigenvalue weighted by molar-refractivity contribution is -0.120. The van der Waals surface area contributed by atoms with Crippen LogP contribution in [0.15, 0.2) is 29.2 Å². The van der Waals surface area contributed by atoms with Crippen molar-refractivity contribution in [2.75, 3.05) is 11.6 Å². The molecule has 1 amide bonds. The standard InChI is InChI=1S/C14H18N2OS/c1-18-11-5-2-9(3-6-11)16-14(17)12-8-10-4-7-13(12)15-10/h2-3,5-6,10,12-13,15H,4,7-8H2,1H3,(H,16,17). The van der Waals surface area contributed by atoms with Crippen molar-refractivity contribution < 1.29 is 4.79 Å². The summed E-state index contributed by atoms with van der Waals surface area (Å²) in [5, 5.41) is 6.53. The van der Waals surface area contributed by atoms with E-state index in [2.05, 4.69) is 16.9 Å². The average molecular weight is 262 g/mol. The highest BCUT2D eigenvalue weighted by Gasteiger charge is 2.42. The predicted octanol–water partition coefficient (Wildman–Crippen LogP) is 2.49. The van der Waals surface area contributed by atoms with Gasteiger partial charge in [0.1, 0.15) is 0 Å². The number of benzene rings is 1. The number of rotatable bonds is 3. The fourth-order valence-electron chi connectivity index (χ4n) is 3.02. The lowest BCUT2D eigenvalue weighted by atomic mass is 9.88. The van der Waals surface area contributed by atoms with Crippen molar-refractivity contribution in [3.05, 3.63) is 24.3 Å². The minimum absolute atomic E-state index is 0.156. The van der Waals surface area contributed by atoms with Gasteiger partial charge in [0, 0.05) is 22.7 Å². The number of hydrogen-bond acceptors (Lipinski definition) is 3. The third kappa shape index (κ3) is 2.27. The molecule has 3 rings (SSSR count). The number of thioether (sulfide) groups is 1. The summed E-state index contributed by atoms with van der Waals surface area (Å²) in [6.45, 7) is 0. The van der Waals surface area contributed by atoms with Crippen LogP contribution < -0.4 is 10.6 Å². The molecule has 18 heavy (non-hydrogen) atoms. The zero-order valence-corrected chi connectivity index (χ0v) is 11.3. The summed E-state index contributed by atoms with van der Waals surface area (Å²) in [5.74, 6) is 0.329. The molecule has 3 nitrogen and oxygen atoms in total. The van der Waals surface area contributed by atoms with Crippen LogP contribution in [-0.4, -0.2) is 24.2 Å². The van der Waals surface area contributed by atoms with Gasteiger partial charge in [-0.25, -0.2) is 0 Å². The highest BCUT2D eigenvalue weighted by Crippen LogP contribution is 2.33. The minimum atomic E-state index is 0.156. The molecular formula is C14H18N2OS. The molecule has 0 spiro atoms. The van der Waals surface area contributed by atoms with Crippen molar-refractivity contribution >= 4 is 23.4 Å². The molecule has 0 aliphatic carbocycles.